The molecule has 2 rings (SSSR count). The molecule has 0 unspecified atom stereocenters. The van der Waals surface area contributed by atoms with Crippen LogP contribution in [0.4, 0.5) is 5.88 Å². The maximum Gasteiger partial charge on any atom is 0.433 e. The first-order valence-corrected chi connectivity index (χ1v) is 5.72. The Morgan fingerprint density at radius 2 is 2.29 bits per heavy atom. The first kappa shape index (κ1) is 11.9. The van der Waals surface area contributed by atoms with E-state index in [0.717, 1.165) is 25.3 Å². The Balaban J connectivity index is 2.06. The third kappa shape index (κ3) is 2.26. The fraction of sp³-hybridized carbons (Fsp3) is 0.500. The second-order valence-corrected chi connectivity index (χ2v) is 4.38. The molecule has 1 aliphatic rings. The minimum Gasteiger partial charge on any atom is -0.395 e. The summed E-state index contributed by atoms with van der Waals surface area (Å²) < 4.78 is 4.81. The van der Waals surface area contributed by atoms with Crippen LogP contribution in [0.2, 0.25) is 0 Å². The number of rotatable bonds is 4. The Hall–Kier alpha value is -1.56. The van der Waals surface area contributed by atoms with E-state index in [1.807, 2.05) is 0 Å². The Labute approximate surface area is 102 Å². The molecule has 1 aromatic heterocycles. The molecule has 1 saturated carbocycles. The highest BCUT2D eigenvalue weighted by molar-refractivity contribution is 6.19. The Morgan fingerprint density at radius 1 is 1.59 bits per heavy atom. The van der Waals surface area contributed by atoms with Gasteiger partial charge in [0, 0.05) is 5.88 Å². The minimum absolute atomic E-state index is 0.0620. The monoisotopic (exact) mass is 258 g/mol. The number of carbonyl (C=O) groups is 1. The van der Waals surface area contributed by atoms with Gasteiger partial charge in [-0.1, -0.05) is 0 Å². The van der Waals surface area contributed by atoms with Gasteiger partial charge in [-0.05, 0) is 25.3 Å². The molecule has 92 valence electrons. The van der Waals surface area contributed by atoms with Gasteiger partial charge in [0.25, 0.3) is 5.91 Å². The van der Waals surface area contributed by atoms with E-state index in [2.05, 4.69) is 5.32 Å². The summed E-state index contributed by atoms with van der Waals surface area (Å²) >= 11 is 5.79. The van der Waals surface area contributed by atoms with Gasteiger partial charge in [-0.3, -0.25) is 14.9 Å². The van der Waals surface area contributed by atoms with Gasteiger partial charge in [0.2, 0.25) is 0 Å². The molecular formula is C10H11ClN2O4. The SMILES string of the molecule is O=C(NC1(CCl)CCC1)c1ccc([N+](=O)[O-])o1. The lowest BCUT2D eigenvalue weighted by molar-refractivity contribution is -0.402. The Morgan fingerprint density at radius 3 is 2.71 bits per heavy atom. The van der Waals surface area contributed by atoms with Gasteiger partial charge in [0.15, 0.2) is 5.76 Å². The van der Waals surface area contributed by atoms with Gasteiger partial charge >= 0.3 is 5.88 Å². The number of halogens is 1. The van der Waals surface area contributed by atoms with Crippen LogP contribution in [0.15, 0.2) is 16.5 Å². The highest BCUT2D eigenvalue weighted by atomic mass is 35.5. The van der Waals surface area contributed by atoms with E-state index < -0.39 is 16.7 Å². The van der Waals surface area contributed by atoms with Crippen LogP contribution < -0.4 is 5.32 Å². The lowest BCUT2D eigenvalue weighted by atomic mass is 9.78. The summed E-state index contributed by atoms with van der Waals surface area (Å²) in [4.78, 5) is 21.5. The topological polar surface area (TPSA) is 85.4 Å². The molecule has 6 nitrogen and oxygen atoms in total. The normalized spacial score (nSPS) is 17.2. The standard InChI is InChI=1S/C10H11ClN2O4/c11-6-10(4-1-5-10)12-9(14)7-2-3-8(17-7)13(15)16/h2-3H,1,4-6H2,(H,12,14). The van der Waals surface area contributed by atoms with E-state index >= 15 is 0 Å². The second-order valence-electron chi connectivity index (χ2n) is 4.12. The number of carbonyl (C=O) groups excluding carboxylic acids is 1. The summed E-state index contributed by atoms with van der Waals surface area (Å²) in [5.41, 5.74) is -0.375. The molecule has 0 bridgehead atoms. The predicted molar refractivity (Wildman–Crippen MR) is 60.1 cm³/mol. The lowest BCUT2D eigenvalue weighted by Crippen LogP contribution is -2.54. The van der Waals surface area contributed by atoms with E-state index in [9.17, 15) is 14.9 Å². The zero-order chi connectivity index (χ0) is 12.5. The summed E-state index contributed by atoms with van der Waals surface area (Å²) in [6, 6.07) is 2.44. The van der Waals surface area contributed by atoms with Crippen molar-refractivity contribution in [3.8, 4) is 0 Å². The first-order valence-electron chi connectivity index (χ1n) is 5.19. The summed E-state index contributed by atoms with van der Waals surface area (Å²) in [7, 11) is 0. The van der Waals surface area contributed by atoms with Gasteiger partial charge in [-0.25, -0.2) is 0 Å². The van der Waals surface area contributed by atoms with Crippen LogP contribution in [0, 0.1) is 10.1 Å². The van der Waals surface area contributed by atoms with Crippen LogP contribution in [0.1, 0.15) is 29.8 Å². The Kier molecular flexibility index (Phi) is 3.06. The number of hydrogen-bond donors (Lipinski definition) is 1. The van der Waals surface area contributed by atoms with Crippen molar-refractivity contribution in [3.63, 3.8) is 0 Å². The number of amides is 1. The van der Waals surface area contributed by atoms with Crippen molar-refractivity contribution in [3.05, 3.63) is 28.0 Å². The summed E-state index contributed by atoms with van der Waals surface area (Å²) in [5, 5.41) is 13.2. The van der Waals surface area contributed by atoms with E-state index in [0.29, 0.717) is 5.88 Å². The molecule has 1 amide bonds. The second kappa shape index (κ2) is 4.37. The van der Waals surface area contributed by atoms with Crippen LogP contribution in [-0.4, -0.2) is 22.2 Å². The van der Waals surface area contributed by atoms with Crippen molar-refractivity contribution in [1.82, 2.24) is 5.32 Å². The highest BCUT2D eigenvalue weighted by Gasteiger charge is 2.38. The number of alkyl halides is 1. The number of furan rings is 1. The average Bonchev–Trinajstić information content (AvgIpc) is 2.72. The van der Waals surface area contributed by atoms with Crippen molar-refractivity contribution < 1.29 is 14.1 Å². The fourth-order valence-electron chi connectivity index (χ4n) is 1.75. The molecule has 0 saturated heterocycles. The zero-order valence-electron chi connectivity index (χ0n) is 8.94. The third-order valence-corrected chi connectivity index (χ3v) is 3.45. The van der Waals surface area contributed by atoms with Crippen molar-refractivity contribution in [2.75, 3.05) is 5.88 Å². The molecule has 0 aromatic carbocycles. The molecule has 0 spiro atoms. The van der Waals surface area contributed by atoms with Gasteiger partial charge in [-0.2, -0.15) is 0 Å². The number of nitro groups is 1. The van der Waals surface area contributed by atoms with E-state index in [-0.39, 0.29) is 11.3 Å². The number of hydrogen-bond acceptors (Lipinski definition) is 4. The molecule has 7 heteroatoms. The summed E-state index contributed by atoms with van der Waals surface area (Å²) in [6.07, 6.45) is 2.67. The van der Waals surface area contributed by atoms with Crippen LogP contribution in [-0.2, 0) is 0 Å². The molecule has 17 heavy (non-hydrogen) atoms. The smallest absolute Gasteiger partial charge is 0.395 e. The van der Waals surface area contributed by atoms with Gasteiger partial charge < -0.3 is 9.73 Å². The van der Waals surface area contributed by atoms with Gasteiger partial charge in [0.05, 0.1) is 11.6 Å². The molecule has 1 aliphatic carbocycles. The largest absolute Gasteiger partial charge is 0.433 e. The molecule has 1 heterocycles. The molecule has 0 atom stereocenters. The highest BCUT2D eigenvalue weighted by Crippen LogP contribution is 2.33. The van der Waals surface area contributed by atoms with E-state index in [1.54, 1.807) is 0 Å². The van der Waals surface area contributed by atoms with Crippen molar-refractivity contribution in [2.24, 2.45) is 0 Å². The summed E-state index contributed by atoms with van der Waals surface area (Å²) in [5.74, 6) is -0.628. The third-order valence-electron chi connectivity index (χ3n) is 2.94. The number of nitrogens with one attached hydrogen (secondary N) is 1. The van der Waals surface area contributed by atoms with Gasteiger partial charge in [0.1, 0.15) is 4.92 Å². The zero-order valence-corrected chi connectivity index (χ0v) is 9.70. The molecule has 0 radical (unpaired) electrons. The van der Waals surface area contributed by atoms with Crippen LogP contribution in [0.5, 0.6) is 0 Å². The fourth-order valence-corrected chi connectivity index (χ4v) is 2.08. The predicted octanol–water partition coefficient (Wildman–Crippen LogP) is 2.08. The number of nitrogens with zero attached hydrogens (tertiary/aromatic N) is 1. The molecule has 0 aliphatic heterocycles. The molecule has 1 aromatic rings. The van der Waals surface area contributed by atoms with E-state index in [1.165, 1.54) is 6.07 Å². The molecule has 1 N–H and O–H groups in total. The maximum atomic E-state index is 11.8. The average molecular weight is 259 g/mol. The first-order chi connectivity index (χ1) is 8.06. The Bertz CT molecular complexity index is 447. The van der Waals surface area contributed by atoms with Crippen LogP contribution in [0.3, 0.4) is 0 Å². The maximum absolute atomic E-state index is 11.8. The van der Waals surface area contributed by atoms with Crippen LogP contribution >= 0.6 is 11.6 Å². The van der Waals surface area contributed by atoms with Gasteiger partial charge in [-0.15, -0.1) is 11.6 Å². The summed E-state index contributed by atoms with van der Waals surface area (Å²) in [6.45, 7) is 0. The van der Waals surface area contributed by atoms with E-state index in [4.69, 9.17) is 16.0 Å². The molecular weight excluding hydrogens is 248 g/mol. The molecule has 1 fully saturated rings. The van der Waals surface area contributed by atoms with Crippen molar-refractivity contribution in [1.29, 1.82) is 0 Å². The minimum atomic E-state index is -0.683. The van der Waals surface area contributed by atoms with Crippen LogP contribution in [0.25, 0.3) is 0 Å². The van der Waals surface area contributed by atoms with Crippen molar-refractivity contribution in [2.45, 2.75) is 24.8 Å². The lowest BCUT2D eigenvalue weighted by Gasteiger charge is -2.40. The quantitative estimate of drug-likeness (QED) is 0.509. The van der Waals surface area contributed by atoms with Crippen molar-refractivity contribution >= 4 is 23.4 Å².